The van der Waals surface area contributed by atoms with Crippen molar-refractivity contribution in [2.24, 2.45) is 11.7 Å². The molecule has 1 aromatic carbocycles. The van der Waals surface area contributed by atoms with Gasteiger partial charge < -0.3 is 20.4 Å². The van der Waals surface area contributed by atoms with Gasteiger partial charge >= 0.3 is 0 Å². The smallest absolute Gasteiger partial charge is 0.267 e. The predicted octanol–water partition coefficient (Wildman–Crippen LogP) is 1.29. The second-order valence-electron chi connectivity index (χ2n) is 11.3. The van der Waals surface area contributed by atoms with E-state index in [1.807, 2.05) is 13.0 Å². The summed E-state index contributed by atoms with van der Waals surface area (Å²) in [5.74, 6) is -0.540. The van der Waals surface area contributed by atoms with Crippen molar-refractivity contribution in [3.63, 3.8) is 0 Å². The molecule has 1 atom stereocenters. The molecule has 3 fully saturated rings. The molecule has 3 saturated heterocycles. The van der Waals surface area contributed by atoms with Crippen molar-refractivity contribution in [1.82, 2.24) is 20.1 Å². The quantitative estimate of drug-likeness (QED) is 0.346. The summed E-state index contributed by atoms with van der Waals surface area (Å²) in [7, 11) is 0. The van der Waals surface area contributed by atoms with E-state index in [0.29, 0.717) is 31.0 Å². The van der Waals surface area contributed by atoms with Crippen LogP contribution in [-0.2, 0) is 20.9 Å². The standard InChI is InChI=1S/C30H39N7O4/c1-21-2-3-24(16-23(21)19-37(20-38)27-6-7-28(39)33-30(27)41)36-14-12-34(13-15-36)18-22-8-10-35(11-9-22)25-4-5-26(29(31)40)32-17-25/h2-5,16-17,20,22,27H,6-15,18-19H2,1H3,(H2,31,40)(H,33,39,41). The maximum absolute atomic E-state index is 12.3. The number of primary amides is 1. The number of rotatable bonds is 9. The van der Waals surface area contributed by atoms with Gasteiger partial charge in [0.2, 0.25) is 18.2 Å². The molecule has 11 heteroatoms. The number of carbonyl (C=O) groups excluding carboxylic acids is 4. The molecule has 3 aliphatic heterocycles. The molecular formula is C30H39N7O4. The number of aryl methyl sites for hydroxylation is 1. The Balaban J connectivity index is 1.11. The molecule has 0 aliphatic carbocycles. The van der Waals surface area contributed by atoms with E-state index < -0.39 is 17.9 Å². The molecule has 5 rings (SSSR count). The normalized spacial score (nSPS) is 20.6. The third kappa shape index (κ3) is 6.84. The number of aromatic nitrogens is 1. The van der Waals surface area contributed by atoms with Gasteiger partial charge in [-0.25, -0.2) is 4.98 Å². The average molecular weight is 562 g/mol. The number of pyridine rings is 1. The zero-order valence-corrected chi connectivity index (χ0v) is 23.6. The van der Waals surface area contributed by atoms with Crippen LogP contribution in [0.15, 0.2) is 36.5 Å². The number of nitrogens with zero attached hydrogens (tertiary/aromatic N) is 5. The molecule has 0 radical (unpaired) electrons. The van der Waals surface area contributed by atoms with E-state index in [9.17, 15) is 19.2 Å². The minimum atomic E-state index is -0.622. The van der Waals surface area contributed by atoms with Gasteiger partial charge in [0.05, 0.1) is 11.9 Å². The Bertz CT molecular complexity index is 1270. The van der Waals surface area contributed by atoms with Crippen LogP contribution < -0.4 is 20.9 Å². The summed E-state index contributed by atoms with van der Waals surface area (Å²) in [5.41, 5.74) is 9.83. The lowest BCUT2D eigenvalue weighted by molar-refractivity contribution is -0.141. The molecule has 41 heavy (non-hydrogen) atoms. The van der Waals surface area contributed by atoms with Crippen LogP contribution in [0, 0.1) is 12.8 Å². The van der Waals surface area contributed by atoms with Crippen LogP contribution in [0.5, 0.6) is 0 Å². The fourth-order valence-electron chi connectivity index (χ4n) is 6.09. The van der Waals surface area contributed by atoms with E-state index in [4.69, 9.17) is 5.73 Å². The van der Waals surface area contributed by atoms with Crippen molar-refractivity contribution in [3.05, 3.63) is 53.3 Å². The Labute approximate surface area is 240 Å². The summed E-state index contributed by atoms with van der Waals surface area (Å²) in [6.45, 7) is 9.27. The third-order valence-electron chi connectivity index (χ3n) is 8.67. The fraction of sp³-hybridized carbons (Fsp3) is 0.500. The maximum Gasteiger partial charge on any atom is 0.267 e. The number of anilines is 2. The molecule has 218 valence electrons. The fourth-order valence-corrected chi connectivity index (χ4v) is 6.09. The van der Waals surface area contributed by atoms with Crippen LogP contribution in [0.25, 0.3) is 0 Å². The first-order chi connectivity index (χ1) is 19.8. The molecule has 0 saturated carbocycles. The third-order valence-corrected chi connectivity index (χ3v) is 8.67. The first-order valence-corrected chi connectivity index (χ1v) is 14.4. The second kappa shape index (κ2) is 12.7. The first-order valence-electron chi connectivity index (χ1n) is 14.4. The minimum absolute atomic E-state index is 0.243. The molecule has 4 heterocycles. The van der Waals surface area contributed by atoms with Crippen molar-refractivity contribution >= 4 is 35.5 Å². The number of nitrogens with one attached hydrogen (secondary N) is 1. The van der Waals surface area contributed by atoms with Crippen LogP contribution in [0.1, 0.15) is 47.3 Å². The van der Waals surface area contributed by atoms with Crippen LogP contribution in [0.2, 0.25) is 0 Å². The van der Waals surface area contributed by atoms with Crippen molar-refractivity contribution in [2.45, 2.75) is 45.2 Å². The number of carbonyl (C=O) groups is 4. The van der Waals surface area contributed by atoms with Gasteiger partial charge in [-0.15, -0.1) is 0 Å². The van der Waals surface area contributed by atoms with E-state index in [1.165, 1.54) is 4.90 Å². The number of nitrogens with two attached hydrogens (primary N) is 1. The topological polar surface area (TPSA) is 132 Å². The minimum Gasteiger partial charge on any atom is -0.370 e. The molecule has 1 aromatic heterocycles. The summed E-state index contributed by atoms with van der Waals surface area (Å²) in [6, 6.07) is 9.34. The Morgan fingerprint density at radius 3 is 2.37 bits per heavy atom. The number of hydrogen-bond donors (Lipinski definition) is 2. The number of amides is 4. The number of piperidine rings is 2. The van der Waals surface area contributed by atoms with Gasteiger partial charge in [0.15, 0.2) is 0 Å². The summed E-state index contributed by atoms with van der Waals surface area (Å²) >= 11 is 0. The van der Waals surface area contributed by atoms with Crippen molar-refractivity contribution < 1.29 is 19.2 Å². The number of piperazine rings is 1. The van der Waals surface area contributed by atoms with E-state index in [2.05, 4.69) is 43.2 Å². The lowest BCUT2D eigenvalue weighted by Gasteiger charge is -2.40. The van der Waals surface area contributed by atoms with Crippen LogP contribution in [0.3, 0.4) is 0 Å². The average Bonchev–Trinajstić information content (AvgIpc) is 2.98. The molecule has 0 bridgehead atoms. The Kier molecular flexibility index (Phi) is 8.82. The van der Waals surface area contributed by atoms with Gasteiger partial charge in [-0.3, -0.25) is 29.4 Å². The molecule has 1 unspecified atom stereocenters. The Hall–Kier alpha value is -3.99. The van der Waals surface area contributed by atoms with Crippen molar-refractivity contribution in [3.8, 4) is 0 Å². The largest absolute Gasteiger partial charge is 0.370 e. The summed E-state index contributed by atoms with van der Waals surface area (Å²) in [5, 5.41) is 2.35. The predicted molar refractivity (Wildman–Crippen MR) is 155 cm³/mol. The van der Waals surface area contributed by atoms with E-state index >= 15 is 0 Å². The van der Waals surface area contributed by atoms with Gasteiger partial charge in [0.1, 0.15) is 11.7 Å². The van der Waals surface area contributed by atoms with Gasteiger partial charge in [-0.2, -0.15) is 0 Å². The second-order valence-corrected chi connectivity index (χ2v) is 11.3. The van der Waals surface area contributed by atoms with E-state index in [-0.39, 0.29) is 12.3 Å². The van der Waals surface area contributed by atoms with Crippen LogP contribution in [-0.4, -0.2) is 90.8 Å². The Morgan fingerprint density at radius 2 is 1.73 bits per heavy atom. The van der Waals surface area contributed by atoms with Gasteiger partial charge in [0, 0.05) is 64.5 Å². The first kappa shape index (κ1) is 28.5. The molecule has 4 amide bonds. The van der Waals surface area contributed by atoms with Crippen molar-refractivity contribution in [1.29, 1.82) is 0 Å². The van der Waals surface area contributed by atoms with Gasteiger partial charge in [0.25, 0.3) is 5.91 Å². The zero-order valence-electron chi connectivity index (χ0n) is 23.6. The summed E-state index contributed by atoms with van der Waals surface area (Å²) < 4.78 is 0. The maximum atomic E-state index is 12.3. The molecule has 2 aromatic rings. The highest BCUT2D eigenvalue weighted by Gasteiger charge is 2.31. The SMILES string of the molecule is Cc1ccc(N2CCN(CC3CCN(c4ccc(C(N)=O)nc4)CC3)CC2)cc1CN(C=O)C1CCC(=O)NC1=O. The lowest BCUT2D eigenvalue weighted by Crippen LogP contribution is -2.51. The number of hydrogen-bond acceptors (Lipinski definition) is 8. The van der Waals surface area contributed by atoms with Gasteiger partial charge in [-0.1, -0.05) is 6.07 Å². The Morgan fingerprint density at radius 1 is 1.02 bits per heavy atom. The lowest BCUT2D eigenvalue weighted by atomic mass is 9.95. The highest BCUT2D eigenvalue weighted by Crippen LogP contribution is 2.26. The molecule has 11 nitrogen and oxygen atoms in total. The number of imide groups is 1. The van der Waals surface area contributed by atoms with Crippen LogP contribution >= 0.6 is 0 Å². The molecule has 0 spiro atoms. The van der Waals surface area contributed by atoms with E-state index in [1.54, 1.807) is 12.3 Å². The monoisotopic (exact) mass is 561 g/mol. The summed E-state index contributed by atoms with van der Waals surface area (Å²) in [4.78, 5) is 60.0. The van der Waals surface area contributed by atoms with Gasteiger partial charge in [-0.05, 0) is 67.5 Å². The highest BCUT2D eigenvalue weighted by molar-refractivity contribution is 6.00. The van der Waals surface area contributed by atoms with Crippen LogP contribution in [0.4, 0.5) is 11.4 Å². The summed E-state index contributed by atoms with van der Waals surface area (Å²) in [6.07, 6.45) is 5.30. The van der Waals surface area contributed by atoms with Crippen molar-refractivity contribution in [2.75, 3.05) is 55.6 Å². The zero-order chi connectivity index (χ0) is 28.9. The van der Waals surface area contributed by atoms with E-state index in [0.717, 1.165) is 81.2 Å². The molecular weight excluding hydrogens is 522 g/mol. The highest BCUT2D eigenvalue weighted by atomic mass is 16.2. The molecule has 3 N–H and O–H groups in total. The molecule has 3 aliphatic rings. The number of benzene rings is 1.